The van der Waals surface area contributed by atoms with Crippen molar-refractivity contribution in [2.24, 2.45) is 5.92 Å². The molecule has 18 heavy (non-hydrogen) atoms. The van der Waals surface area contributed by atoms with E-state index < -0.39 is 7.64 Å². The van der Waals surface area contributed by atoms with E-state index in [0.717, 1.165) is 12.5 Å². The number of rotatable bonds is 1. The van der Waals surface area contributed by atoms with Crippen molar-refractivity contribution in [3.8, 4) is 0 Å². The van der Waals surface area contributed by atoms with E-state index in [9.17, 15) is 0 Å². The average molecular weight is 264 g/mol. The van der Waals surface area contributed by atoms with Gasteiger partial charge in [-0.15, -0.1) is 4.67 Å². The van der Waals surface area contributed by atoms with Crippen molar-refractivity contribution in [1.29, 1.82) is 0 Å². The zero-order valence-electron chi connectivity index (χ0n) is 11.8. The summed E-state index contributed by atoms with van der Waals surface area (Å²) < 4.78 is 9.11. The van der Waals surface area contributed by atoms with Crippen molar-refractivity contribution in [2.75, 3.05) is 19.3 Å². The summed E-state index contributed by atoms with van der Waals surface area (Å²) >= 11 is 0. The van der Waals surface area contributed by atoms with Gasteiger partial charge in [0, 0.05) is 12.5 Å². The lowest BCUT2D eigenvalue weighted by molar-refractivity contribution is 0.265. The minimum atomic E-state index is -1.49. The maximum absolute atomic E-state index is 6.46. The lowest BCUT2D eigenvalue weighted by Crippen LogP contribution is -2.23. The summed E-state index contributed by atoms with van der Waals surface area (Å²) in [6.45, 7) is 11.3. The Morgan fingerprint density at radius 1 is 1.17 bits per heavy atom. The minimum Gasteiger partial charge on any atom is -0.209 e. The third kappa shape index (κ3) is 1.82. The van der Waals surface area contributed by atoms with Gasteiger partial charge in [-0.25, -0.2) is 4.52 Å². The van der Waals surface area contributed by atoms with Crippen LogP contribution in [-0.2, 0) is 4.52 Å². The van der Waals surface area contributed by atoms with Gasteiger partial charge in [-0.05, 0) is 44.0 Å². The fourth-order valence-corrected chi connectivity index (χ4v) is 7.77. The molecule has 2 saturated heterocycles. The highest BCUT2D eigenvalue weighted by Crippen LogP contribution is 2.70. The number of fused-ring (bicyclic) bond motifs is 1. The van der Waals surface area contributed by atoms with Crippen molar-refractivity contribution < 1.29 is 4.52 Å². The number of aryl methyl sites for hydroxylation is 2. The minimum absolute atomic E-state index is 0.396. The van der Waals surface area contributed by atoms with Gasteiger partial charge in [0.1, 0.15) is 17.6 Å². The number of hydrogen-bond acceptors (Lipinski definition) is 2. The molecule has 3 rings (SSSR count). The fourth-order valence-electron chi connectivity index (χ4n) is 3.30. The summed E-state index contributed by atoms with van der Waals surface area (Å²) in [7, 11) is -1.49. The summed E-state index contributed by atoms with van der Waals surface area (Å²) in [4.78, 5) is 0. The van der Waals surface area contributed by atoms with Gasteiger partial charge in [0.05, 0.1) is 6.54 Å². The monoisotopic (exact) mass is 264 g/mol. The Balaban J connectivity index is 2.04. The molecule has 3 unspecified atom stereocenters. The Kier molecular flexibility index (Phi) is 3.01. The van der Waals surface area contributed by atoms with Crippen molar-refractivity contribution in [1.82, 2.24) is 4.67 Å². The first-order valence-corrected chi connectivity index (χ1v) is 8.75. The zero-order chi connectivity index (χ0) is 12.9. The number of nitrogens with zero attached hydrogens (tertiary/aromatic N) is 1. The molecule has 3 atom stereocenters. The molecule has 0 saturated carbocycles. The summed E-state index contributed by atoms with van der Waals surface area (Å²) in [6.07, 6.45) is 1.63. The summed E-state index contributed by atoms with van der Waals surface area (Å²) in [5.41, 5.74) is 2.77. The van der Waals surface area contributed by atoms with Crippen molar-refractivity contribution in [3.63, 3.8) is 0 Å². The quantitative estimate of drug-likeness (QED) is 0.722. The summed E-state index contributed by atoms with van der Waals surface area (Å²) in [5.74, 6) is 0.771. The van der Waals surface area contributed by atoms with Crippen LogP contribution in [-0.4, -0.2) is 30.0 Å². The van der Waals surface area contributed by atoms with Gasteiger partial charge < -0.3 is 0 Å². The Hall–Kier alpha value is -0.430. The van der Waals surface area contributed by atoms with Crippen LogP contribution in [0.2, 0.25) is 0 Å². The first-order chi connectivity index (χ1) is 8.51. The molecule has 3 heteroatoms. The lowest BCUT2D eigenvalue weighted by Gasteiger charge is -2.21. The highest BCUT2D eigenvalue weighted by Gasteiger charge is 2.61. The maximum atomic E-state index is 6.46. The van der Waals surface area contributed by atoms with Gasteiger partial charge in [-0.1, -0.05) is 13.0 Å². The Bertz CT molecular complexity index is 460. The zero-order valence-corrected chi connectivity index (χ0v) is 12.7. The van der Waals surface area contributed by atoms with Gasteiger partial charge in [-0.2, -0.15) is 0 Å². The van der Waals surface area contributed by atoms with Gasteiger partial charge in [0.25, 0.3) is 0 Å². The molecule has 2 fully saturated rings. The SMILES string of the molecule is Cc1ccc([P+]23CC(C)CN2CC(C)O3)cc1C. The van der Waals surface area contributed by atoms with Gasteiger partial charge >= 0.3 is 0 Å². The van der Waals surface area contributed by atoms with Crippen LogP contribution in [0.4, 0.5) is 0 Å². The van der Waals surface area contributed by atoms with Crippen LogP contribution in [0.15, 0.2) is 18.2 Å². The predicted molar refractivity (Wildman–Crippen MR) is 78.6 cm³/mol. The smallest absolute Gasteiger partial charge is 0.209 e. The molecule has 2 aliphatic rings. The van der Waals surface area contributed by atoms with E-state index in [2.05, 4.69) is 50.6 Å². The van der Waals surface area contributed by atoms with E-state index in [0.29, 0.717) is 6.10 Å². The van der Waals surface area contributed by atoms with Crippen LogP contribution in [0.5, 0.6) is 0 Å². The molecule has 0 aliphatic carbocycles. The Morgan fingerprint density at radius 2 is 1.94 bits per heavy atom. The molecular formula is C15H23NOP+. The van der Waals surface area contributed by atoms with E-state index in [-0.39, 0.29) is 0 Å². The molecule has 0 radical (unpaired) electrons. The molecule has 2 aliphatic heterocycles. The Labute approximate surface area is 111 Å². The highest BCUT2D eigenvalue weighted by molar-refractivity contribution is 7.76. The molecule has 2 heterocycles. The standard InChI is InChI=1S/C15H23NOP/c1-11-8-16-9-14(4)17-18(16,10-11)15-6-5-12(2)13(3)7-15/h5-7,11,14H,8-10H2,1-4H3/q+1. The second-order valence-electron chi connectivity index (χ2n) is 6.05. The molecular weight excluding hydrogens is 241 g/mol. The van der Waals surface area contributed by atoms with Crippen molar-refractivity contribution in [3.05, 3.63) is 29.3 Å². The van der Waals surface area contributed by atoms with E-state index in [1.54, 1.807) is 0 Å². The van der Waals surface area contributed by atoms with Crippen molar-refractivity contribution in [2.45, 2.75) is 33.8 Å². The Morgan fingerprint density at radius 3 is 2.67 bits per heavy atom. The second kappa shape index (κ2) is 4.30. The molecule has 0 N–H and O–H groups in total. The molecule has 0 aromatic heterocycles. The molecule has 0 amide bonds. The first kappa shape index (κ1) is 12.6. The van der Waals surface area contributed by atoms with Crippen LogP contribution in [0.25, 0.3) is 0 Å². The highest BCUT2D eigenvalue weighted by atomic mass is 31.2. The number of hydrogen-bond donors (Lipinski definition) is 0. The second-order valence-corrected chi connectivity index (χ2v) is 9.11. The lowest BCUT2D eigenvalue weighted by atomic mass is 10.1. The van der Waals surface area contributed by atoms with Crippen molar-refractivity contribution >= 4 is 12.9 Å². The molecule has 98 valence electrons. The van der Waals surface area contributed by atoms with E-state index >= 15 is 0 Å². The van der Waals surface area contributed by atoms with Gasteiger partial charge in [-0.3, -0.25) is 0 Å². The van der Waals surface area contributed by atoms with Crippen LogP contribution in [0.3, 0.4) is 0 Å². The van der Waals surface area contributed by atoms with Crippen LogP contribution < -0.4 is 5.30 Å². The third-order valence-corrected chi connectivity index (χ3v) is 8.41. The first-order valence-electron chi connectivity index (χ1n) is 6.91. The third-order valence-electron chi connectivity index (χ3n) is 4.25. The number of benzene rings is 1. The molecule has 1 aromatic carbocycles. The molecule has 1 aromatic rings. The van der Waals surface area contributed by atoms with Crippen LogP contribution in [0, 0.1) is 19.8 Å². The maximum Gasteiger partial charge on any atom is 0.249 e. The largest absolute Gasteiger partial charge is 0.249 e. The fraction of sp³-hybridized carbons (Fsp3) is 0.600. The molecule has 0 spiro atoms. The van der Waals surface area contributed by atoms with Crippen LogP contribution >= 0.6 is 7.64 Å². The van der Waals surface area contributed by atoms with E-state index in [1.165, 1.54) is 29.1 Å². The average Bonchev–Trinajstić information content (AvgIpc) is 2.74. The van der Waals surface area contributed by atoms with E-state index in [1.807, 2.05) is 0 Å². The van der Waals surface area contributed by atoms with Gasteiger partial charge in [0.15, 0.2) is 0 Å². The van der Waals surface area contributed by atoms with E-state index in [4.69, 9.17) is 4.52 Å². The topological polar surface area (TPSA) is 12.5 Å². The molecule has 0 bridgehead atoms. The summed E-state index contributed by atoms with van der Waals surface area (Å²) in [5, 5.41) is 1.46. The van der Waals surface area contributed by atoms with Gasteiger partial charge in [0.2, 0.25) is 7.64 Å². The van der Waals surface area contributed by atoms with Crippen LogP contribution in [0.1, 0.15) is 25.0 Å². The molecule has 2 nitrogen and oxygen atoms in total. The summed E-state index contributed by atoms with van der Waals surface area (Å²) in [6, 6.07) is 6.93. The normalized spacial score (nSPS) is 36.0. The predicted octanol–water partition coefficient (Wildman–Crippen LogP) is 3.15.